The summed E-state index contributed by atoms with van der Waals surface area (Å²) in [6.45, 7) is 0.737. The van der Waals surface area contributed by atoms with Crippen LogP contribution in [-0.2, 0) is 17.8 Å². The number of halogens is 2. The molecule has 0 saturated carbocycles. The van der Waals surface area contributed by atoms with Crippen LogP contribution >= 0.6 is 23.2 Å². The summed E-state index contributed by atoms with van der Waals surface area (Å²) in [5, 5.41) is 6.18. The largest absolute Gasteiger partial charge is 0.482 e. The monoisotopic (exact) mass is 341 g/mol. The van der Waals surface area contributed by atoms with Gasteiger partial charge in [0, 0.05) is 17.1 Å². The van der Waals surface area contributed by atoms with Crippen LogP contribution in [0.3, 0.4) is 0 Å². The van der Waals surface area contributed by atoms with Gasteiger partial charge in [0.2, 0.25) is 0 Å². The third kappa shape index (κ3) is 2.98. The van der Waals surface area contributed by atoms with E-state index in [0.717, 1.165) is 5.69 Å². The molecule has 0 spiro atoms. The van der Waals surface area contributed by atoms with Crippen LogP contribution in [0.4, 0.5) is 0 Å². The molecule has 22 heavy (non-hydrogen) atoms. The number of carbonyl (C=O) groups excluding carboxylic acids is 1. The van der Waals surface area contributed by atoms with E-state index >= 15 is 0 Å². The van der Waals surface area contributed by atoms with Gasteiger partial charge in [0.1, 0.15) is 5.75 Å². The minimum atomic E-state index is -0.168. The number of aromatic amines is 2. The Bertz CT molecular complexity index is 769. The SMILES string of the molecule is O=C(COc1ccc(Cl)cc1Cl)N1CCc2c([nH][nH]c2=O)C1. The van der Waals surface area contributed by atoms with Gasteiger partial charge in [0.05, 0.1) is 17.3 Å². The second-order valence-electron chi connectivity index (χ2n) is 4.96. The minimum Gasteiger partial charge on any atom is -0.482 e. The van der Waals surface area contributed by atoms with Crippen LogP contribution in [0.2, 0.25) is 10.0 Å². The molecular weight excluding hydrogens is 329 g/mol. The van der Waals surface area contributed by atoms with E-state index in [0.29, 0.717) is 40.9 Å². The van der Waals surface area contributed by atoms with Crippen molar-refractivity contribution in [3.63, 3.8) is 0 Å². The number of fused-ring (bicyclic) bond motifs is 1. The number of nitrogens with zero attached hydrogens (tertiary/aromatic N) is 1. The van der Waals surface area contributed by atoms with Crippen LogP contribution in [-0.4, -0.2) is 34.2 Å². The number of hydrogen-bond acceptors (Lipinski definition) is 3. The van der Waals surface area contributed by atoms with Gasteiger partial charge in [-0.15, -0.1) is 0 Å². The highest BCUT2D eigenvalue weighted by Crippen LogP contribution is 2.27. The van der Waals surface area contributed by atoms with E-state index in [2.05, 4.69) is 10.2 Å². The highest BCUT2D eigenvalue weighted by Gasteiger charge is 2.24. The molecule has 0 bridgehead atoms. The zero-order valence-corrected chi connectivity index (χ0v) is 13.0. The summed E-state index contributed by atoms with van der Waals surface area (Å²) in [6.07, 6.45) is 0.529. The fraction of sp³-hybridized carbons (Fsp3) is 0.286. The van der Waals surface area contributed by atoms with E-state index < -0.39 is 0 Å². The summed E-state index contributed by atoms with van der Waals surface area (Å²) in [4.78, 5) is 25.3. The quantitative estimate of drug-likeness (QED) is 0.895. The van der Waals surface area contributed by atoms with Crippen molar-refractivity contribution in [3.05, 3.63) is 49.9 Å². The molecule has 3 rings (SSSR count). The molecule has 0 fully saturated rings. The van der Waals surface area contributed by atoms with E-state index in [1.54, 1.807) is 23.1 Å². The summed E-state index contributed by atoms with van der Waals surface area (Å²) in [7, 11) is 0. The van der Waals surface area contributed by atoms with Crippen molar-refractivity contribution in [2.45, 2.75) is 13.0 Å². The first-order valence-electron chi connectivity index (χ1n) is 6.68. The van der Waals surface area contributed by atoms with E-state index in [1.165, 1.54) is 0 Å². The summed E-state index contributed by atoms with van der Waals surface area (Å²) in [5.74, 6) is 0.242. The molecule has 0 atom stereocenters. The lowest BCUT2D eigenvalue weighted by Crippen LogP contribution is -2.39. The maximum atomic E-state index is 12.2. The van der Waals surface area contributed by atoms with Crippen molar-refractivity contribution in [1.29, 1.82) is 0 Å². The minimum absolute atomic E-state index is 0.119. The Morgan fingerprint density at radius 3 is 2.91 bits per heavy atom. The lowest BCUT2D eigenvalue weighted by molar-refractivity contribution is -0.134. The lowest BCUT2D eigenvalue weighted by Gasteiger charge is -2.26. The third-order valence-corrected chi connectivity index (χ3v) is 4.07. The molecule has 0 radical (unpaired) electrons. The highest BCUT2D eigenvalue weighted by molar-refractivity contribution is 6.35. The molecule has 2 heterocycles. The number of nitrogens with one attached hydrogen (secondary N) is 2. The number of H-pyrrole nitrogens is 2. The molecule has 8 heteroatoms. The maximum Gasteiger partial charge on any atom is 0.267 e. The van der Waals surface area contributed by atoms with Crippen LogP contribution in [0.25, 0.3) is 0 Å². The van der Waals surface area contributed by atoms with Gasteiger partial charge < -0.3 is 14.7 Å². The van der Waals surface area contributed by atoms with Crippen molar-refractivity contribution in [3.8, 4) is 5.75 Å². The fourth-order valence-corrected chi connectivity index (χ4v) is 2.84. The molecule has 0 aliphatic carbocycles. The Morgan fingerprint density at radius 2 is 2.14 bits per heavy atom. The van der Waals surface area contributed by atoms with Gasteiger partial charge in [0.15, 0.2) is 6.61 Å². The summed E-state index contributed by atoms with van der Waals surface area (Å²) >= 11 is 11.8. The maximum absolute atomic E-state index is 12.2. The zero-order chi connectivity index (χ0) is 15.7. The van der Waals surface area contributed by atoms with Crippen molar-refractivity contribution in [2.75, 3.05) is 13.2 Å². The van der Waals surface area contributed by atoms with Crippen LogP contribution in [0.1, 0.15) is 11.3 Å². The van der Waals surface area contributed by atoms with Crippen molar-refractivity contribution in [2.24, 2.45) is 0 Å². The molecular formula is C14H13Cl2N3O3. The predicted octanol–water partition coefficient (Wildman–Crippen LogP) is 1.97. The van der Waals surface area contributed by atoms with Gasteiger partial charge in [-0.3, -0.25) is 14.7 Å². The Hall–Kier alpha value is -1.92. The standard InChI is InChI=1S/C14H13Cl2N3O3/c15-8-1-2-12(10(16)5-8)22-7-13(20)19-4-3-9-11(6-19)17-18-14(9)21/h1-2,5H,3-4,6-7H2,(H2,17,18,21). The number of aromatic nitrogens is 2. The van der Waals surface area contributed by atoms with Gasteiger partial charge in [-0.2, -0.15) is 0 Å². The van der Waals surface area contributed by atoms with Crippen LogP contribution in [0.5, 0.6) is 5.75 Å². The van der Waals surface area contributed by atoms with Gasteiger partial charge in [-0.1, -0.05) is 23.2 Å². The number of rotatable bonds is 3. The van der Waals surface area contributed by atoms with Crippen LogP contribution in [0, 0.1) is 0 Å². The molecule has 116 valence electrons. The van der Waals surface area contributed by atoms with E-state index in [-0.39, 0.29) is 18.1 Å². The number of carbonyl (C=O) groups is 1. The van der Waals surface area contributed by atoms with E-state index in [9.17, 15) is 9.59 Å². The summed E-state index contributed by atoms with van der Waals surface area (Å²) in [6, 6.07) is 4.82. The lowest BCUT2D eigenvalue weighted by atomic mass is 10.1. The molecule has 0 saturated heterocycles. The normalized spacial score (nSPS) is 13.8. The number of amides is 1. The third-order valence-electron chi connectivity index (χ3n) is 3.54. The average Bonchev–Trinajstić information content (AvgIpc) is 2.87. The molecule has 6 nitrogen and oxygen atoms in total. The Labute approximate surface area is 136 Å². The van der Waals surface area contributed by atoms with Crippen molar-refractivity contribution in [1.82, 2.24) is 15.1 Å². The number of ether oxygens (including phenoxy) is 1. The Balaban J connectivity index is 1.62. The highest BCUT2D eigenvalue weighted by atomic mass is 35.5. The first-order chi connectivity index (χ1) is 10.5. The van der Waals surface area contributed by atoms with Gasteiger partial charge in [-0.25, -0.2) is 0 Å². The molecule has 1 aromatic carbocycles. The molecule has 1 aliphatic heterocycles. The first-order valence-corrected chi connectivity index (χ1v) is 7.44. The van der Waals surface area contributed by atoms with Crippen molar-refractivity contribution < 1.29 is 9.53 Å². The van der Waals surface area contributed by atoms with E-state index in [1.807, 2.05) is 0 Å². The smallest absolute Gasteiger partial charge is 0.267 e. The average molecular weight is 342 g/mol. The van der Waals surface area contributed by atoms with E-state index in [4.69, 9.17) is 27.9 Å². The molecule has 1 aliphatic rings. The Kier molecular flexibility index (Phi) is 4.13. The fourth-order valence-electron chi connectivity index (χ4n) is 2.37. The Morgan fingerprint density at radius 1 is 1.32 bits per heavy atom. The van der Waals surface area contributed by atoms with Gasteiger partial charge in [-0.05, 0) is 24.6 Å². The zero-order valence-electron chi connectivity index (χ0n) is 11.5. The summed E-state index contributed by atoms with van der Waals surface area (Å²) < 4.78 is 5.44. The number of benzene rings is 1. The molecule has 1 aromatic heterocycles. The summed E-state index contributed by atoms with van der Waals surface area (Å²) in [5.41, 5.74) is 1.34. The van der Waals surface area contributed by atoms with Crippen LogP contribution < -0.4 is 10.3 Å². The first kappa shape index (κ1) is 15.0. The van der Waals surface area contributed by atoms with Gasteiger partial charge in [0.25, 0.3) is 11.5 Å². The molecule has 2 aromatic rings. The second kappa shape index (κ2) is 6.06. The van der Waals surface area contributed by atoms with Crippen molar-refractivity contribution >= 4 is 29.1 Å². The molecule has 1 amide bonds. The number of hydrogen-bond donors (Lipinski definition) is 2. The topological polar surface area (TPSA) is 78.2 Å². The molecule has 0 unspecified atom stereocenters. The van der Waals surface area contributed by atoms with Gasteiger partial charge >= 0.3 is 0 Å². The molecule has 2 N–H and O–H groups in total. The second-order valence-corrected chi connectivity index (χ2v) is 5.81. The predicted molar refractivity (Wildman–Crippen MR) is 82.5 cm³/mol. The van der Waals surface area contributed by atoms with Crippen LogP contribution in [0.15, 0.2) is 23.0 Å².